The lowest BCUT2D eigenvalue weighted by Crippen LogP contribution is -2.17. The molecule has 4 heteroatoms. The zero-order valence-electron chi connectivity index (χ0n) is 11.9. The largest absolute Gasteiger partial charge is 0.486 e. The molecule has 108 valence electrons. The normalized spacial score (nSPS) is 12.8. The average Bonchev–Trinajstić information content (AvgIpc) is 2.47. The Hall–Kier alpha value is -2.49. The summed E-state index contributed by atoms with van der Waals surface area (Å²) < 4.78 is 11.0. The number of amides is 1. The maximum absolute atomic E-state index is 12.1. The minimum atomic E-state index is -0.0442. The molecule has 4 nitrogen and oxygen atoms in total. The molecule has 2 aromatic rings. The number of aryl methyl sites for hydroxylation is 1. The molecule has 0 atom stereocenters. The van der Waals surface area contributed by atoms with Crippen LogP contribution in [0.1, 0.15) is 11.1 Å². The molecule has 1 aliphatic heterocycles. The second-order valence-corrected chi connectivity index (χ2v) is 5.07. The number of benzene rings is 2. The van der Waals surface area contributed by atoms with Gasteiger partial charge in [0.15, 0.2) is 11.5 Å². The van der Waals surface area contributed by atoms with Crippen molar-refractivity contribution in [2.45, 2.75) is 13.3 Å². The highest BCUT2D eigenvalue weighted by Gasteiger charge is 2.13. The molecule has 0 unspecified atom stereocenters. The van der Waals surface area contributed by atoms with Crippen LogP contribution in [0.15, 0.2) is 42.5 Å². The highest BCUT2D eigenvalue weighted by molar-refractivity contribution is 5.92. The van der Waals surface area contributed by atoms with Crippen LogP contribution < -0.4 is 14.8 Å². The highest BCUT2D eigenvalue weighted by atomic mass is 16.6. The molecule has 0 fully saturated rings. The molecule has 0 spiro atoms. The van der Waals surface area contributed by atoms with Gasteiger partial charge in [0, 0.05) is 5.69 Å². The minimum absolute atomic E-state index is 0.0442. The standard InChI is InChI=1S/C17H17NO3/c1-12-3-2-4-14(9-12)18-17(19)11-13-5-6-15-16(10-13)21-8-7-20-15/h2-6,9-10H,7-8,11H2,1H3,(H,18,19). The summed E-state index contributed by atoms with van der Waals surface area (Å²) in [6.07, 6.45) is 0.310. The quantitative estimate of drug-likeness (QED) is 0.942. The maximum Gasteiger partial charge on any atom is 0.228 e. The van der Waals surface area contributed by atoms with Gasteiger partial charge < -0.3 is 14.8 Å². The molecule has 0 saturated carbocycles. The summed E-state index contributed by atoms with van der Waals surface area (Å²) >= 11 is 0. The van der Waals surface area contributed by atoms with Crippen LogP contribution in [0, 0.1) is 6.92 Å². The van der Waals surface area contributed by atoms with Gasteiger partial charge in [-0.15, -0.1) is 0 Å². The fourth-order valence-electron chi connectivity index (χ4n) is 2.31. The first-order valence-corrected chi connectivity index (χ1v) is 6.96. The van der Waals surface area contributed by atoms with Crippen LogP contribution in [-0.4, -0.2) is 19.1 Å². The van der Waals surface area contributed by atoms with Crippen molar-refractivity contribution in [2.75, 3.05) is 18.5 Å². The van der Waals surface area contributed by atoms with Crippen molar-refractivity contribution >= 4 is 11.6 Å². The topological polar surface area (TPSA) is 47.6 Å². The van der Waals surface area contributed by atoms with Crippen LogP contribution in [0.2, 0.25) is 0 Å². The Morgan fingerprint density at radius 3 is 2.71 bits per heavy atom. The lowest BCUT2D eigenvalue weighted by molar-refractivity contribution is -0.115. The summed E-state index contributed by atoms with van der Waals surface area (Å²) in [5.41, 5.74) is 2.84. The van der Waals surface area contributed by atoms with Crippen LogP contribution in [0.5, 0.6) is 11.5 Å². The van der Waals surface area contributed by atoms with E-state index in [2.05, 4.69) is 5.32 Å². The lowest BCUT2D eigenvalue weighted by Gasteiger charge is -2.18. The van der Waals surface area contributed by atoms with E-state index < -0.39 is 0 Å². The van der Waals surface area contributed by atoms with E-state index in [1.807, 2.05) is 49.4 Å². The molecule has 3 rings (SSSR count). The third kappa shape index (κ3) is 3.34. The second kappa shape index (κ2) is 5.87. The number of hydrogen-bond acceptors (Lipinski definition) is 3. The van der Waals surface area contributed by atoms with Crippen molar-refractivity contribution < 1.29 is 14.3 Å². The van der Waals surface area contributed by atoms with Gasteiger partial charge in [-0.1, -0.05) is 18.2 Å². The van der Waals surface area contributed by atoms with Crippen molar-refractivity contribution in [3.63, 3.8) is 0 Å². The molecule has 0 radical (unpaired) electrons. The molecular weight excluding hydrogens is 266 g/mol. The first-order chi connectivity index (χ1) is 10.2. The van der Waals surface area contributed by atoms with Gasteiger partial charge in [-0.2, -0.15) is 0 Å². The predicted octanol–water partition coefficient (Wildman–Crippen LogP) is 2.95. The van der Waals surface area contributed by atoms with E-state index in [1.165, 1.54) is 0 Å². The van der Waals surface area contributed by atoms with Gasteiger partial charge in [-0.05, 0) is 42.3 Å². The zero-order chi connectivity index (χ0) is 14.7. The molecule has 0 saturated heterocycles. The van der Waals surface area contributed by atoms with E-state index >= 15 is 0 Å². The van der Waals surface area contributed by atoms with Gasteiger partial charge in [0.2, 0.25) is 5.91 Å². The third-order valence-corrected chi connectivity index (χ3v) is 3.27. The number of ether oxygens (including phenoxy) is 2. The molecule has 2 aromatic carbocycles. The molecular formula is C17H17NO3. The Balaban J connectivity index is 1.67. The zero-order valence-corrected chi connectivity index (χ0v) is 11.9. The SMILES string of the molecule is Cc1cccc(NC(=O)Cc2ccc3c(c2)OCCO3)c1. The number of fused-ring (bicyclic) bond motifs is 1. The molecule has 1 N–H and O–H groups in total. The number of carbonyl (C=O) groups is 1. The van der Waals surface area contributed by atoms with Gasteiger partial charge in [0.1, 0.15) is 13.2 Å². The summed E-state index contributed by atoms with van der Waals surface area (Å²) in [5.74, 6) is 1.41. The van der Waals surface area contributed by atoms with E-state index in [1.54, 1.807) is 0 Å². The highest BCUT2D eigenvalue weighted by Crippen LogP contribution is 2.30. The molecule has 1 aliphatic rings. The van der Waals surface area contributed by atoms with Gasteiger partial charge in [-0.3, -0.25) is 4.79 Å². The summed E-state index contributed by atoms with van der Waals surface area (Å²) in [6, 6.07) is 13.4. The Morgan fingerprint density at radius 2 is 1.90 bits per heavy atom. The van der Waals surface area contributed by atoms with E-state index in [0.717, 1.165) is 22.6 Å². The van der Waals surface area contributed by atoms with Crippen molar-refractivity contribution in [3.05, 3.63) is 53.6 Å². The Labute approximate surface area is 123 Å². The monoisotopic (exact) mass is 283 g/mol. The average molecular weight is 283 g/mol. The molecule has 0 bridgehead atoms. The summed E-state index contributed by atoms with van der Waals surface area (Å²) in [5, 5.41) is 2.90. The second-order valence-electron chi connectivity index (χ2n) is 5.07. The number of anilines is 1. The first kappa shape index (κ1) is 13.5. The molecule has 1 amide bonds. The van der Waals surface area contributed by atoms with Crippen LogP contribution in [0.25, 0.3) is 0 Å². The van der Waals surface area contributed by atoms with Gasteiger partial charge >= 0.3 is 0 Å². The van der Waals surface area contributed by atoms with E-state index in [-0.39, 0.29) is 5.91 Å². The Morgan fingerprint density at radius 1 is 1.10 bits per heavy atom. The summed E-state index contributed by atoms with van der Waals surface area (Å²) in [7, 11) is 0. The third-order valence-electron chi connectivity index (χ3n) is 3.27. The van der Waals surface area contributed by atoms with Gasteiger partial charge in [0.25, 0.3) is 0 Å². The van der Waals surface area contributed by atoms with E-state index in [0.29, 0.717) is 25.4 Å². The summed E-state index contributed by atoms with van der Waals surface area (Å²) in [4.78, 5) is 12.1. The lowest BCUT2D eigenvalue weighted by atomic mass is 10.1. The Kier molecular flexibility index (Phi) is 3.77. The van der Waals surface area contributed by atoms with Crippen molar-refractivity contribution in [2.24, 2.45) is 0 Å². The predicted molar refractivity (Wildman–Crippen MR) is 80.9 cm³/mol. The fourth-order valence-corrected chi connectivity index (χ4v) is 2.31. The van der Waals surface area contributed by atoms with E-state index in [9.17, 15) is 4.79 Å². The Bertz CT molecular complexity index is 667. The van der Waals surface area contributed by atoms with Gasteiger partial charge in [0.05, 0.1) is 6.42 Å². The number of nitrogens with one attached hydrogen (secondary N) is 1. The van der Waals surface area contributed by atoms with Crippen LogP contribution in [0.3, 0.4) is 0 Å². The van der Waals surface area contributed by atoms with Crippen molar-refractivity contribution in [1.82, 2.24) is 0 Å². The van der Waals surface area contributed by atoms with Crippen LogP contribution >= 0.6 is 0 Å². The van der Waals surface area contributed by atoms with Crippen molar-refractivity contribution in [3.8, 4) is 11.5 Å². The first-order valence-electron chi connectivity index (χ1n) is 6.96. The summed E-state index contributed by atoms with van der Waals surface area (Å²) in [6.45, 7) is 3.11. The van der Waals surface area contributed by atoms with Gasteiger partial charge in [-0.25, -0.2) is 0 Å². The number of rotatable bonds is 3. The molecule has 21 heavy (non-hydrogen) atoms. The minimum Gasteiger partial charge on any atom is -0.486 e. The van der Waals surface area contributed by atoms with Crippen LogP contribution in [0.4, 0.5) is 5.69 Å². The fraction of sp³-hybridized carbons (Fsp3) is 0.235. The smallest absolute Gasteiger partial charge is 0.228 e. The van der Waals surface area contributed by atoms with Crippen molar-refractivity contribution in [1.29, 1.82) is 0 Å². The van der Waals surface area contributed by atoms with E-state index in [4.69, 9.17) is 9.47 Å². The molecule has 0 aromatic heterocycles. The molecule has 1 heterocycles. The van der Waals surface area contributed by atoms with Crippen LogP contribution in [-0.2, 0) is 11.2 Å². The number of carbonyl (C=O) groups excluding carboxylic acids is 1. The number of hydrogen-bond donors (Lipinski definition) is 1. The maximum atomic E-state index is 12.1. The molecule has 0 aliphatic carbocycles.